The van der Waals surface area contributed by atoms with Crippen LogP contribution in [-0.2, 0) is 19.9 Å². The van der Waals surface area contributed by atoms with Crippen molar-refractivity contribution < 1.29 is 4.39 Å². The van der Waals surface area contributed by atoms with Gasteiger partial charge in [-0.1, -0.05) is 64.1 Å². The second-order valence-corrected chi connectivity index (χ2v) is 8.35. The van der Waals surface area contributed by atoms with E-state index in [2.05, 4.69) is 63.1 Å². The molecule has 1 aromatic heterocycles. The Hall–Kier alpha value is -2.42. The number of hydrogen-bond acceptors (Lipinski definition) is 1. The molecule has 0 amide bonds. The number of nitrogens with zero attached hydrogens (tertiary/aromatic N) is 2. The Balaban J connectivity index is 1.70. The number of benzene rings is 2. The van der Waals surface area contributed by atoms with Crippen LogP contribution in [0.3, 0.4) is 0 Å². The van der Waals surface area contributed by atoms with E-state index in [1.165, 1.54) is 22.4 Å². The van der Waals surface area contributed by atoms with E-state index >= 15 is 0 Å². The highest BCUT2D eigenvalue weighted by Crippen LogP contribution is 2.26. The lowest BCUT2D eigenvalue weighted by molar-refractivity contribution is 0.625. The third kappa shape index (κ3) is 4.89. The monoisotopic (exact) mass is 378 g/mol. The fraction of sp³-hybridized carbons (Fsp3) is 0.400. The van der Waals surface area contributed by atoms with Gasteiger partial charge in [-0.2, -0.15) is 5.10 Å². The van der Waals surface area contributed by atoms with E-state index in [-0.39, 0.29) is 5.82 Å². The minimum absolute atomic E-state index is 0.178. The molecule has 0 fully saturated rings. The van der Waals surface area contributed by atoms with Gasteiger partial charge >= 0.3 is 0 Å². The van der Waals surface area contributed by atoms with Crippen LogP contribution < -0.4 is 0 Å². The molecule has 3 aromatic rings. The minimum atomic E-state index is -0.178. The second kappa shape index (κ2) is 8.72. The molecule has 0 bridgehead atoms. The summed E-state index contributed by atoms with van der Waals surface area (Å²) in [5.74, 6) is 1.06. The van der Waals surface area contributed by atoms with Crippen LogP contribution >= 0.6 is 0 Å². The summed E-state index contributed by atoms with van der Waals surface area (Å²) in [6, 6.07) is 18.0. The zero-order valence-corrected chi connectivity index (χ0v) is 17.6. The third-order valence-corrected chi connectivity index (χ3v) is 5.60. The van der Waals surface area contributed by atoms with E-state index in [0.717, 1.165) is 18.5 Å². The summed E-state index contributed by atoms with van der Waals surface area (Å²) in [6.07, 6.45) is 1.93. The molecule has 3 rings (SSSR count). The lowest BCUT2D eigenvalue weighted by Crippen LogP contribution is -2.05. The van der Waals surface area contributed by atoms with Crippen molar-refractivity contribution in [3.63, 3.8) is 0 Å². The predicted octanol–water partition coefficient (Wildman–Crippen LogP) is 6.38. The molecular formula is C25H31FN2. The Morgan fingerprint density at radius 1 is 0.857 bits per heavy atom. The average molecular weight is 379 g/mol. The van der Waals surface area contributed by atoms with Gasteiger partial charge in [0.05, 0.1) is 5.69 Å². The SMILES string of the molecule is CC(C)c1cc(CC(C)c2cccc(CC(C)c3ccc(F)cc3)c2)n(C)n1. The normalized spacial score (nSPS) is 13.7. The Labute approximate surface area is 168 Å². The molecule has 0 aliphatic rings. The van der Waals surface area contributed by atoms with Crippen molar-refractivity contribution in [2.45, 2.75) is 58.3 Å². The van der Waals surface area contributed by atoms with Crippen LogP contribution in [0.5, 0.6) is 0 Å². The first-order valence-electron chi connectivity index (χ1n) is 10.2. The van der Waals surface area contributed by atoms with Gasteiger partial charge < -0.3 is 0 Å². The average Bonchev–Trinajstić information content (AvgIpc) is 3.03. The number of hydrogen-bond donors (Lipinski definition) is 0. The van der Waals surface area contributed by atoms with Crippen molar-refractivity contribution in [2.24, 2.45) is 7.05 Å². The van der Waals surface area contributed by atoms with Gasteiger partial charge in [0.1, 0.15) is 5.82 Å². The van der Waals surface area contributed by atoms with Crippen molar-refractivity contribution in [3.8, 4) is 0 Å². The Morgan fingerprint density at radius 3 is 2.18 bits per heavy atom. The molecular weight excluding hydrogens is 347 g/mol. The molecule has 0 aliphatic carbocycles. The highest BCUT2D eigenvalue weighted by Gasteiger charge is 2.14. The van der Waals surface area contributed by atoms with Crippen LogP contribution in [0.2, 0.25) is 0 Å². The molecule has 2 unspecified atom stereocenters. The van der Waals surface area contributed by atoms with Gasteiger partial charge in [-0.25, -0.2) is 4.39 Å². The molecule has 2 nitrogen and oxygen atoms in total. The first-order chi connectivity index (χ1) is 13.3. The maximum absolute atomic E-state index is 13.2. The summed E-state index contributed by atoms with van der Waals surface area (Å²) in [7, 11) is 2.04. The topological polar surface area (TPSA) is 17.8 Å². The van der Waals surface area contributed by atoms with Gasteiger partial charge in [-0.3, -0.25) is 4.68 Å². The molecule has 2 atom stereocenters. The van der Waals surface area contributed by atoms with Crippen molar-refractivity contribution in [2.75, 3.05) is 0 Å². The zero-order chi connectivity index (χ0) is 20.3. The van der Waals surface area contributed by atoms with Crippen LogP contribution in [-0.4, -0.2) is 9.78 Å². The molecule has 148 valence electrons. The quantitative estimate of drug-likeness (QED) is 0.467. The van der Waals surface area contributed by atoms with Crippen molar-refractivity contribution in [1.29, 1.82) is 0 Å². The van der Waals surface area contributed by atoms with Crippen LogP contribution in [0, 0.1) is 5.82 Å². The molecule has 2 aromatic carbocycles. The molecule has 0 radical (unpaired) electrons. The fourth-order valence-corrected chi connectivity index (χ4v) is 3.72. The lowest BCUT2D eigenvalue weighted by atomic mass is 9.90. The standard InChI is InChI=1S/C25H31FN2/c1-17(2)25-16-24(28(5)27-25)14-19(4)22-8-6-7-20(15-22)13-18(3)21-9-11-23(26)12-10-21/h6-12,15-19H,13-14H2,1-5H3. The fourth-order valence-electron chi connectivity index (χ4n) is 3.72. The minimum Gasteiger partial charge on any atom is -0.272 e. The summed E-state index contributed by atoms with van der Waals surface area (Å²) in [6.45, 7) is 8.85. The van der Waals surface area contributed by atoms with E-state index in [0.29, 0.717) is 17.8 Å². The summed E-state index contributed by atoms with van der Waals surface area (Å²) in [5, 5.41) is 4.64. The lowest BCUT2D eigenvalue weighted by Gasteiger charge is -2.16. The van der Waals surface area contributed by atoms with Crippen molar-refractivity contribution in [3.05, 3.63) is 88.5 Å². The maximum atomic E-state index is 13.2. The van der Waals surface area contributed by atoms with Crippen molar-refractivity contribution in [1.82, 2.24) is 9.78 Å². The molecule has 0 spiro atoms. The Kier molecular flexibility index (Phi) is 6.33. The van der Waals surface area contributed by atoms with Crippen LogP contribution in [0.15, 0.2) is 54.6 Å². The Morgan fingerprint density at radius 2 is 1.54 bits per heavy atom. The molecule has 3 heteroatoms. The van der Waals surface area contributed by atoms with Crippen LogP contribution in [0.4, 0.5) is 4.39 Å². The van der Waals surface area contributed by atoms with Gasteiger partial charge in [0.25, 0.3) is 0 Å². The number of aryl methyl sites for hydroxylation is 1. The summed E-state index contributed by atoms with van der Waals surface area (Å²) >= 11 is 0. The van der Waals surface area contributed by atoms with Gasteiger partial charge in [-0.05, 0) is 65.5 Å². The van der Waals surface area contributed by atoms with E-state index in [4.69, 9.17) is 0 Å². The summed E-state index contributed by atoms with van der Waals surface area (Å²) in [5.41, 5.74) is 6.30. The molecule has 0 saturated carbocycles. The van der Waals surface area contributed by atoms with E-state index in [1.54, 1.807) is 12.1 Å². The number of rotatable bonds is 7. The molecule has 0 N–H and O–H groups in total. The molecule has 0 aliphatic heterocycles. The van der Waals surface area contributed by atoms with Gasteiger partial charge in [0.2, 0.25) is 0 Å². The van der Waals surface area contributed by atoms with Gasteiger partial charge in [0, 0.05) is 12.7 Å². The van der Waals surface area contributed by atoms with Crippen molar-refractivity contribution >= 4 is 0 Å². The van der Waals surface area contributed by atoms with E-state index in [1.807, 2.05) is 23.9 Å². The first kappa shape index (κ1) is 20.3. The van der Waals surface area contributed by atoms with Crippen LogP contribution in [0.1, 0.15) is 73.5 Å². The first-order valence-corrected chi connectivity index (χ1v) is 10.2. The molecule has 1 heterocycles. The molecule has 28 heavy (non-hydrogen) atoms. The third-order valence-electron chi connectivity index (χ3n) is 5.60. The number of halogens is 1. The summed E-state index contributed by atoms with van der Waals surface area (Å²) < 4.78 is 15.2. The molecule has 0 saturated heterocycles. The van der Waals surface area contributed by atoms with E-state index in [9.17, 15) is 4.39 Å². The smallest absolute Gasteiger partial charge is 0.123 e. The maximum Gasteiger partial charge on any atom is 0.123 e. The summed E-state index contributed by atoms with van der Waals surface area (Å²) in [4.78, 5) is 0. The Bertz CT molecular complexity index is 909. The number of aromatic nitrogens is 2. The second-order valence-electron chi connectivity index (χ2n) is 8.35. The van der Waals surface area contributed by atoms with E-state index < -0.39 is 0 Å². The highest BCUT2D eigenvalue weighted by molar-refractivity contribution is 5.30. The van der Waals surface area contributed by atoms with Crippen LogP contribution in [0.25, 0.3) is 0 Å². The predicted molar refractivity (Wildman–Crippen MR) is 114 cm³/mol. The largest absolute Gasteiger partial charge is 0.272 e. The highest BCUT2D eigenvalue weighted by atomic mass is 19.1. The van der Waals surface area contributed by atoms with Gasteiger partial charge in [-0.15, -0.1) is 0 Å². The van der Waals surface area contributed by atoms with Gasteiger partial charge in [0.15, 0.2) is 0 Å². The zero-order valence-electron chi connectivity index (χ0n) is 17.6.